The van der Waals surface area contributed by atoms with Crippen LogP contribution in [-0.4, -0.2) is 17.0 Å². The number of hydrogen-bond donors (Lipinski definition) is 0. The normalized spacial score (nSPS) is 20.8. The van der Waals surface area contributed by atoms with Gasteiger partial charge < -0.3 is 9.80 Å². The molecule has 6 heteroatoms. The van der Waals surface area contributed by atoms with Gasteiger partial charge in [-0.25, -0.2) is 0 Å². The van der Waals surface area contributed by atoms with E-state index in [9.17, 15) is 0 Å². The van der Waals surface area contributed by atoms with Crippen LogP contribution in [0.2, 0.25) is 0 Å². The second-order valence-corrected chi connectivity index (χ2v) is 21.8. The van der Waals surface area contributed by atoms with Crippen molar-refractivity contribution in [2.45, 2.75) is 148 Å². The van der Waals surface area contributed by atoms with Crippen LogP contribution in [0.1, 0.15) is 122 Å². The number of aryl methyl sites for hydroxylation is 6. The third kappa shape index (κ3) is 9.57. The third-order valence-corrected chi connectivity index (χ3v) is 16.2. The number of allylic oxidation sites excluding steroid dienone is 3. The Labute approximate surface area is 338 Å². The second-order valence-electron chi connectivity index (χ2n) is 16.2. The number of halogens is 2. The van der Waals surface area contributed by atoms with Crippen LogP contribution in [-0.2, 0) is 21.6 Å². The van der Waals surface area contributed by atoms with E-state index in [0.717, 1.165) is 24.2 Å². The van der Waals surface area contributed by atoms with Crippen LogP contribution >= 0.6 is 27.3 Å². The van der Waals surface area contributed by atoms with Crippen molar-refractivity contribution in [2.24, 2.45) is 0 Å². The van der Waals surface area contributed by atoms with E-state index in [1.165, 1.54) is 133 Å². The molecule has 0 radical (unpaired) electrons. The van der Waals surface area contributed by atoms with Crippen LogP contribution in [0, 0.1) is 41.5 Å². The maximum atomic E-state index is 4.85. The van der Waals surface area contributed by atoms with E-state index in [4.69, 9.17) is 19.4 Å². The summed E-state index contributed by atoms with van der Waals surface area (Å²) in [6.45, 7) is 13.7. The SMILES string of the molecule is Cc1cc(C)c(N2C=CN(c3c(C)cc(C)cc3C)C2=C2CCCC(P(C3CCCCC3)C3CCCCC3)C2=CCc2ccccc2)c(C)c1.[Cl][Ru][Cl]. The fourth-order valence-electron chi connectivity index (χ4n) is 10.3. The van der Waals surface area contributed by atoms with Crippen molar-refractivity contribution >= 4 is 38.7 Å². The van der Waals surface area contributed by atoms with Gasteiger partial charge >= 0.3 is 34.5 Å². The van der Waals surface area contributed by atoms with Crippen LogP contribution in [0.5, 0.6) is 0 Å². The molecule has 4 aliphatic rings. The Morgan fingerprint density at radius 1 is 0.642 bits per heavy atom. The number of benzene rings is 3. The van der Waals surface area contributed by atoms with Crippen LogP contribution < -0.4 is 9.80 Å². The molecule has 0 spiro atoms. The molecule has 3 aromatic carbocycles. The van der Waals surface area contributed by atoms with Gasteiger partial charge in [-0.2, -0.15) is 0 Å². The first-order valence-electron chi connectivity index (χ1n) is 20.2. The number of rotatable bonds is 7. The first kappa shape index (κ1) is 40.8. The predicted molar refractivity (Wildman–Crippen MR) is 231 cm³/mol. The summed E-state index contributed by atoms with van der Waals surface area (Å²) >= 11 is -0.346. The van der Waals surface area contributed by atoms with Crippen molar-refractivity contribution in [2.75, 3.05) is 9.80 Å². The molecule has 1 heterocycles. The van der Waals surface area contributed by atoms with Crippen molar-refractivity contribution in [3.8, 4) is 0 Å². The summed E-state index contributed by atoms with van der Waals surface area (Å²) in [7, 11) is 9.60. The van der Waals surface area contributed by atoms with E-state index >= 15 is 0 Å². The average molecular weight is 857 g/mol. The van der Waals surface area contributed by atoms with Gasteiger partial charge in [-0.1, -0.05) is 118 Å². The van der Waals surface area contributed by atoms with E-state index in [1.807, 2.05) is 0 Å². The standard InChI is InChI=1S/C47H61N2P.2ClH.Ru/c1-33-29-35(3)45(36(4)30-33)48-27-28-49(46-37(5)31-34(2)32-38(46)6)47(48)43-23-16-24-44(42(43)26-25-39-17-10-7-11-18-39)50(40-19-12-8-13-20-40)41-21-14-9-15-22-41;;;/h7,10-11,17-18,26-32,40-41,44H,8-9,12-16,19-25H2,1-6H3;2*1H;/q;;;+2/p-2. The van der Waals surface area contributed by atoms with Gasteiger partial charge in [0.2, 0.25) is 0 Å². The molecule has 0 bridgehead atoms. The summed E-state index contributed by atoms with van der Waals surface area (Å²) in [4.78, 5) is 5.20. The fourth-order valence-corrected chi connectivity index (χ4v) is 14.9. The monoisotopic (exact) mass is 856 g/mol. The Hall–Kier alpha value is -1.89. The molecule has 3 fully saturated rings. The van der Waals surface area contributed by atoms with Gasteiger partial charge in [0.25, 0.3) is 0 Å². The molecule has 286 valence electrons. The number of hydrogen-bond acceptors (Lipinski definition) is 2. The quantitative estimate of drug-likeness (QED) is 0.173. The van der Waals surface area contributed by atoms with Crippen molar-refractivity contribution < 1.29 is 15.1 Å². The van der Waals surface area contributed by atoms with E-state index < -0.39 is 0 Å². The van der Waals surface area contributed by atoms with E-state index in [2.05, 4.69) is 124 Å². The van der Waals surface area contributed by atoms with Crippen molar-refractivity contribution in [1.29, 1.82) is 0 Å². The molecule has 3 aromatic rings. The molecule has 1 unspecified atom stereocenters. The second kappa shape index (κ2) is 19.3. The molecule has 0 amide bonds. The van der Waals surface area contributed by atoms with Crippen molar-refractivity contribution in [1.82, 2.24) is 0 Å². The zero-order valence-corrected chi connectivity index (χ0v) is 37.2. The van der Waals surface area contributed by atoms with E-state index in [0.29, 0.717) is 5.66 Å². The predicted octanol–water partition coefficient (Wildman–Crippen LogP) is 14.8. The minimum absolute atomic E-state index is 0.106. The summed E-state index contributed by atoms with van der Waals surface area (Å²) < 4.78 is 0. The van der Waals surface area contributed by atoms with Gasteiger partial charge in [0.1, 0.15) is 5.82 Å². The molecular formula is C47H61Cl2N2PRu. The minimum atomic E-state index is -0.346. The van der Waals surface area contributed by atoms with Crippen LogP contribution in [0.25, 0.3) is 0 Å². The molecule has 0 N–H and O–H groups in total. The molecule has 3 aliphatic carbocycles. The Morgan fingerprint density at radius 2 is 1.09 bits per heavy atom. The maximum absolute atomic E-state index is 4.85. The molecule has 0 saturated heterocycles. The van der Waals surface area contributed by atoms with Crippen LogP contribution in [0.4, 0.5) is 11.4 Å². The van der Waals surface area contributed by atoms with Crippen LogP contribution in [0.3, 0.4) is 0 Å². The summed E-state index contributed by atoms with van der Waals surface area (Å²) in [6.07, 6.45) is 26.9. The molecule has 53 heavy (non-hydrogen) atoms. The Balaban J connectivity index is 0.00000155. The molecule has 7 rings (SSSR count). The molecular weight excluding hydrogens is 795 g/mol. The molecule has 1 aliphatic heterocycles. The van der Waals surface area contributed by atoms with Gasteiger partial charge in [0.05, 0.1) is 11.4 Å². The van der Waals surface area contributed by atoms with E-state index in [-0.39, 0.29) is 23.1 Å². The molecule has 1 atom stereocenters. The van der Waals surface area contributed by atoms with Crippen LogP contribution in [0.15, 0.2) is 90.0 Å². The van der Waals surface area contributed by atoms with Crippen molar-refractivity contribution in [3.05, 3.63) is 129 Å². The fraction of sp³-hybridized carbons (Fsp3) is 0.489. The summed E-state index contributed by atoms with van der Waals surface area (Å²) in [5.41, 5.74) is 18.2. The molecule has 3 saturated carbocycles. The molecule has 0 aromatic heterocycles. The molecule has 2 nitrogen and oxygen atoms in total. The van der Waals surface area contributed by atoms with E-state index in [1.54, 1.807) is 11.1 Å². The first-order valence-corrected chi connectivity index (χ1v) is 26.3. The first-order chi connectivity index (χ1) is 25.7. The Kier molecular flexibility index (Phi) is 14.9. The topological polar surface area (TPSA) is 6.48 Å². The zero-order chi connectivity index (χ0) is 37.5. The third-order valence-electron chi connectivity index (χ3n) is 12.2. The van der Waals surface area contributed by atoms with Gasteiger partial charge in [-0.15, -0.1) is 0 Å². The van der Waals surface area contributed by atoms with Gasteiger partial charge in [-0.05, 0) is 143 Å². The zero-order valence-electron chi connectivity index (χ0n) is 33.0. The van der Waals surface area contributed by atoms with Gasteiger partial charge in [0.15, 0.2) is 0 Å². The summed E-state index contributed by atoms with van der Waals surface area (Å²) in [5, 5.41) is 0. The van der Waals surface area contributed by atoms with Crippen molar-refractivity contribution in [3.63, 3.8) is 0 Å². The number of nitrogens with zero attached hydrogens (tertiary/aromatic N) is 2. The Morgan fingerprint density at radius 3 is 1.55 bits per heavy atom. The summed E-state index contributed by atoms with van der Waals surface area (Å²) in [5.74, 6) is 1.39. The Bertz CT molecular complexity index is 1650. The van der Waals surface area contributed by atoms with Gasteiger partial charge in [-0.3, -0.25) is 0 Å². The number of anilines is 2. The summed E-state index contributed by atoms with van der Waals surface area (Å²) in [6, 6.07) is 20.8. The van der Waals surface area contributed by atoms with Gasteiger partial charge in [0, 0.05) is 18.1 Å². The average Bonchev–Trinajstić information content (AvgIpc) is 3.55.